The van der Waals surface area contributed by atoms with Crippen molar-refractivity contribution in [1.29, 1.82) is 0 Å². The first-order valence-electron chi connectivity index (χ1n) is 5.14. The summed E-state index contributed by atoms with van der Waals surface area (Å²) in [7, 11) is 1.75. The Morgan fingerprint density at radius 1 is 1.47 bits per heavy atom. The Morgan fingerprint density at radius 2 is 2.20 bits per heavy atom. The van der Waals surface area contributed by atoms with Crippen LogP contribution in [0, 0.1) is 0 Å². The number of hydrogen-bond donors (Lipinski definition) is 1. The Bertz CT molecular complexity index is 290. The molecular weight excluding hydrogens is 274 g/mol. The second-order valence-electron chi connectivity index (χ2n) is 3.64. The molecule has 0 fully saturated rings. The summed E-state index contributed by atoms with van der Waals surface area (Å²) in [5, 5.41) is 3.46. The van der Waals surface area contributed by atoms with Gasteiger partial charge in [-0.2, -0.15) is 0 Å². The highest BCUT2D eigenvalue weighted by Crippen LogP contribution is 2.22. The van der Waals surface area contributed by atoms with Gasteiger partial charge in [0, 0.05) is 24.6 Å². The number of halogens is 1. The molecule has 0 aliphatic rings. The fourth-order valence-corrected chi connectivity index (χ4v) is 2.76. The molecule has 1 heterocycles. The van der Waals surface area contributed by atoms with E-state index in [-0.39, 0.29) is 6.10 Å². The number of ether oxygens (including phenoxy) is 1. The molecule has 0 spiro atoms. The van der Waals surface area contributed by atoms with Crippen LogP contribution in [0.25, 0.3) is 0 Å². The predicted molar refractivity (Wildman–Crippen MR) is 69.7 cm³/mol. The molecule has 2 nitrogen and oxygen atoms in total. The van der Waals surface area contributed by atoms with E-state index < -0.39 is 0 Å². The average molecular weight is 292 g/mol. The maximum atomic E-state index is 5.25. The van der Waals surface area contributed by atoms with Crippen LogP contribution in [0.2, 0.25) is 0 Å². The Labute approximate surface area is 104 Å². The number of methoxy groups -OCH3 is 1. The molecule has 0 bridgehead atoms. The maximum absolute atomic E-state index is 5.25. The fourth-order valence-electron chi connectivity index (χ4n) is 1.28. The lowest BCUT2D eigenvalue weighted by Gasteiger charge is -2.19. The first kappa shape index (κ1) is 13.2. The van der Waals surface area contributed by atoms with E-state index in [4.69, 9.17) is 4.74 Å². The SMILES string of the molecule is COC(C)C(C)NCCc1ccc(Br)s1. The van der Waals surface area contributed by atoms with E-state index in [1.165, 1.54) is 8.66 Å². The van der Waals surface area contributed by atoms with Crippen molar-refractivity contribution in [3.8, 4) is 0 Å². The zero-order valence-corrected chi connectivity index (χ0v) is 11.8. The number of hydrogen-bond acceptors (Lipinski definition) is 3. The van der Waals surface area contributed by atoms with Gasteiger partial charge in [-0.25, -0.2) is 0 Å². The number of nitrogens with one attached hydrogen (secondary N) is 1. The largest absolute Gasteiger partial charge is 0.380 e. The van der Waals surface area contributed by atoms with Gasteiger partial charge in [-0.3, -0.25) is 0 Å². The van der Waals surface area contributed by atoms with Gasteiger partial charge in [-0.05, 0) is 48.3 Å². The predicted octanol–water partition coefficient (Wildman–Crippen LogP) is 3.07. The Kier molecular flexibility index (Phi) is 5.82. The summed E-state index contributed by atoms with van der Waals surface area (Å²) in [6.45, 7) is 5.24. The Hall–Kier alpha value is 0.1000. The number of rotatable bonds is 6. The van der Waals surface area contributed by atoms with Crippen LogP contribution in [0.5, 0.6) is 0 Å². The summed E-state index contributed by atoms with van der Waals surface area (Å²) in [6.07, 6.45) is 1.34. The summed E-state index contributed by atoms with van der Waals surface area (Å²) >= 11 is 5.26. The van der Waals surface area contributed by atoms with Crippen LogP contribution in [0.3, 0.4) is 0 Å². The van der Waals surface area contributed by atoms with Gasteiger partial charge in [0.1, 0.15) is 0 Å². The van der Waals surface area contributed by atoms with Crippen LogP contribution < -0.4 is 5.32 Å². The van der Waals surface area contributed by atoms with E-state index in [9.17, 15) is 0 Å². The van der Waals surface area contributed by atoms with Crippen molar-refractivity contribution in [2.75, 3.05) is 13.7 Å². The molecule has 0 radical (unpaired) electrons. The summed E-state index contributed by atoms with van der Waals surface area (Å²) < 4.78 is 6.46. The monoisotopic (exact) mass is 291 g/mol. The fraction of sp³-hybridized carbons (Fsp3) is 0.636. The molecule has 0 aliphatic carbocycles. The molecule has 2 unspecified atom stereocenters. The highest BCUT2D eigenvalue weighted by molar-refractivity contribution is 9.11. The van der Waals surface area contributed by atoms with Gasteiger partial charge >= 0.3 is 0 Å². The van der Waals surface area contributed by atoms with Crippen molar-refractivity contribution in [3.63, 3.8) is 0 Å². The van der Waals surface area contributed by atoms with Gasteiger partial charge in [-0.1, -0.05) is 0 Å². The molecule has 1 aromatic heterocycles. The molecule has 1 N–H and O–H groups in total. The highest BCUT2D eigenvalue weighted by atomic mass is 79.9. The molecule has 1 rings (SSSR count). The summed E-state index contributed by atoms with van der Waals surface area (Å²) in [5.41, 5.74) is 0. The van der Waals surface area contributed by atoms with Crippen LogP contribution in [0.1, 0.15) is 18.7 Å². The Morgan fingerprint density at radius 3 is 2.73 bits per heavy atom. The first-order valence-corrected chi connectivity index (χ1v) is 6.75. The van der Waals surface area contributed by atoms with Crippen molar-refractivity contribution in [2.24, 2.45) is 0 Å². The smallest absolute Gasteiger partial charge is 0.0701 e. The van der Waals surface area contributed by atoms with Crippen molar-refractivity contribution in [1.82, 2.24) is 5.32 Å². The van der Waals surface area contributed by atoms with E-state index in [1.54, 1.807) is 18.4 Å². The molecule has 0 saturated carbocycles. The van der Waals surface area contributed by atoms with Crippen LogP contribution in [-0.2, 0) is 11.2 Å². The molecule has 0 aliphatic heterocycles. The minimum atomic E-state index is 0.264. The summed E-state index contributed by atoms with van der Waals surface area (Å²) in [4.78, 5) is 1.41. The van der Waals surface area contributed by atoms with Gasteiger partial charge in [0.25, 0.3) is 0 Å². The number of thiophene rings is 1. The normalized spacial score (nSPS) is 15.2. The zero-order valence-electron chi connectivity index (χ0n) is 9.42. The minimum Gasteiger partial charge on any atom is -0.380 e. The Balaban J connectivity index is 2.21. The lowest BCUT2D eigenvalue weighted by molar-refractivity contribution is 0.0890. The van der Waals surface area contributed by atoms with Gasteiger partial charge in [0.2, 0.25) is 0 Å². The second-order valence-corrected chi connectivity index (χ2v) is 6.19. The van der Waals surface area contributed by atoms with E-state index >= 15 is 0 Å². The third-order valence-corrected chi connectivity index (χ3v) is 4.23. The van der Waals surface area contributed by atoms with E-state index in [1.807, 2.05) is 0 Å². The van der Waals surface area contributed by atoms with Crippen molar-refractivity contribution in [3.05, 3.63) is 20.8 Å². The van der Waals surface area contributed by atoms with Gasteiger partial charge in [0.15, 0.2) is 0 Å². The summed E-state index contributed by atoms with van der Waals surface area (Å²) in [5.74, 6) is 0. The van der Waals surface area contributed by atoms with Crippen LogP contribution in [0.4, 0.5) is 0 Å². The average Bonchev–Trinajstić information content (AvgIpc) is 2.63. The minimum absolute atomic E-state index is 0.264. The lowest BCUT2D eigenvalue weighted by atomic mass is 10.2. The van der Waals surface area contributed by atoms with Gasteiger partial charge in [-0.15, -0.1) is 11.3 Å². The van der Waals surface area contributed by atoms with Crippen molar-refractivity contribution >= 4 is 27.3 Å². The summed E-state index contributed by atoms with van der Waals surface area (Å²) in [6, 6.07) is 4.67. The third-order valence-electron chi connectivity index (χ3n) is 2.54. The van der Waals surface area contributed by atoms with E-state index in [0.29, 0.717) is 6.04 Å². The molecular formula is C11H18BrNOS. The maximum Gasteiger partial charge on any atom is 0.0701 e. The molecule has 4 heteroatoms. The van der Waals surface area contributed by atoms with Crippen LogP contribution in [0.15, 0.2) is 15.9 Å². The van der Waals surface area contributed by atoms with Crippen LogP contribution in [-0.4, -0.2) is 25.8 Å². The first-order chi connectivity index (χ1) is 7.13. The van der Waals surface area contributed by atoms with Gasteiger partial charge < -0.3 is 10.1 Å². The molecule has 0 amide bonds. The second kappa shape index (κ2) is 6.63. The van der Waals surface area contributed by atoms with Gasteiger partial charge in [0.05, 0.1) is 9.89 Å². The molecule has 15 heavy (non-hydrogen) atoms. The topological polar surface area (TPSA) is 21.3 Å². The molecule has 0 aromatic carbocycles. The van der Waals surface area contributed by atoms with Crippen molar-refractivity contribution in [2.45, 2.75) is 32.4 Å². The standard InChI is InChI=1S/C11H18BrNOS/c1-8(9(2)14-3)13-7-6-10-4-5-11(12)15-10/h4-5,8-9,13H,6-7H2,1-3H3. The van der Waals surface area contributed by atoms with Crippen LogP contribution >= 0.6 is 27.3 Å². The lowest BCUT2D eigenvalue weighted by Crippen LogP contribution is -2.37. The van der Waals surface area contributed by atoms with Crippen molar-refractivity contribution < 1.29 is 4.74 Å². The highest BCUT2D eigenvalue weighted by Gasteiger charge is 2.09. The van der Waals surface area contributed by atoms with E-state index in [0.717, 1.165) is 13.0 Å². The molecule has 0 saturated heterocycles. The third kappa shape index (κ3) is 4.64. The molecule has 2 atom stereocenters. The molecule has 86 valence electrons. The quantitative estimate of drug-likeness (QED) is 0.870. The van der Waals surface area contributed by atoms with E-state index in [2.05, 4.69) is 47.2 Å². The zero-order chi connectivity index (χ0) is 11.3. The molecule has 1 aromatic rings.